The Morgan fingerprint density at radius 1 is 0.380 bits per heavy atom. The normalized spacial score (nSPS) is 14.4. The van der Waals surface area contributed by atoms with E-state index in [1.165, 1.54) is 66.8 Å². The van der Waals surface area contributed by atoms with E-state index in [-0.39, 0.29) is 5.41 Å². The topological polar surface area (TPSA) is 3.24 Å². The smallest absolute Gasteiger partial charge is 0.0726 e. The zero-order valence-corrected chi connectivity index (χ0v) is 27.8. The quantitative estimate of drug-likeness (QED) is 0.181. The van der Waals surface area contributed by atoms with Crippen molar-refractivity contribution in [2.75, 3.05) is 4.90 Å². The first-order valence-electron chi connectivity index (χ1n) is 17.7. The molecule has 0 radical (unpaired) electrons. The second-order valence-electron chi connectivity index (χ2n) is 13.6. The molecule has 3 aliphatic carbocycles. The number of anilines is 3. The molecular formula is C49H35N. The summed E-state index contributed by atoms with van der Waals surface area (Å²) in [7, 11) is 0. The number of rotatable bonds is 5. The van der Waals surface area contributed by atoms with Crippen molar-refractivity contribution >= 4 is 22.6 Å². The van der Waals surface area contributed by atoms with Crippen LogP contribution in [-0.4, -0.2) is 0 Å². The van der Waals surface area contributed by atoms with Gasteiger partial charge in [0.15, 0.2) is 0 Å². The summed E-state index contributed by atoms with van der Waals surface area (Å²) in [6, 6.07) is 63.0. The standard InChI is InChI=1S/C49H35N/c1-3-13-34(14-4-1)36-23-27-38(28-24-36)50(39-29-25-37(26-30-39)35-15-5-2-6-16-35)40-31-32-44-43-19-9-12-22-47(43)49(48(44)33-40)45-20-10-7-17-41(45)42-18-8-11-21-46(42)49/h1,3-5,7-33H,2,6H2. The number of hydrogen-bond acceptors (Lipinski definition) is 1. The van der Waals surface area contributed by atoms with E-state index >= 15 is 0 Å². The Labute approximate surface area is 294 Å². The Morgan fingerprint density at radius 3 is 1.42 bits per heavy atom. The Hall–Kier alpha value is -6.18. The molecule has 0 atom stereocenters. The van der Waals surface area contributed by atoms with Gasteiger partial charge in [-0.1, -0.05) is 152 Å². The summed E-state index contributed by atoms with van der Waals surface area (Å²) in [5, 5.41) is 0. The van der Waals surface area contributed by atoms with Gasteiger partial charge >= 0.3 is 0 Å². The van der Waals surface area contributed by atoms with Crippen LogP contribution >= 0.6 is 0 Å². The van der Waals surface area contributed by atoms with E-state index in [4.69, 9.17) is 0 Å². The lowest BCUT2D eigenvalue weighted by Crippen LogP contribution is -2.26. The maximum absolute atomic E-state index is 2.47. The third kappa shape index (κ3) is 4.27. The van der Waals surface area contributed by atoms with Gasteiger partial charge in [-0.15, -0.1) is 0 Å². The molecule has 0 unspecified atom stereocenters. The van der Waals surface area contributed by atoms with Gasteiger partial charge in [-0.05, 0) is 116 Å². The summed E-state index contributed by atoms with van der Waals surface area (Å²) in [5.74, 6) is 0. The fraction of sp³-hybridized carbons (Fsp3) is 0.0612. The summed E-state index contributed by atoms with van der Waals surface area (Å²) in [5.41, 5.74) is 18.7. The molecular weight excluding hydrogens is 603 g/mol. The first-order chi connectivity index (χ1) is 24.8. The third-order valence-electron chi connectivity index (χ3n) is 10.9. The number of fused-ring (bicyclic) bond motifs is 10. The average molecular weight is 638 g/mol. The van der Waals surface area contributed by atoms with E-state index < -0.39 is 0 Å². The highest BCUT2D eigenvalue weighted by atomic mass is 15.1. The predicted molar refractivity (Wildman–Crippen MR) is 209 cm³/mol. The largest absolute Gasteiger partial charge is 0.310 e. The van der Waals surface area contributed by atoms with E-state index in [2.05, 4.69) is 193 Å². The molecule has 236 valence electrons. The summed E-state index contributed by atoms with van der Waals surface area (Å²) < 4.78 is 0. The molecule has 50 heavy (non-hydrogen) atoms. The van der Waals surface area contributed by atoms with Crippen LogP contribution in [0.4, 0.5) is 17.1 Å². The molecule has 0 aliphatic heterocycles. The first kappa shape index (κ1) is 28.8. The highest BCUT2D eigenvalue weighted by Gasteiger charge is 2.51. The van der Waals surface area contributed by atoms with Crippen LogP contribution in [-0.2, 0) is 5.41 Å². The van der Waals surface area contributed by atoms with Gasteiger partial charge in [0.2, 0.25) is 0 Å². The molecule has 0 amide bonds. The van der Waals surface area contributed by atoms with Crippen LogP contribution in [0.1, 0.15) is 40.7 Å². The molecule has 10 rings (SSSR count). The SMILES string of the molecule is C1=CC(c2ccc(N(c3ccc(-c4ccccc4)cc3)c3ccc4c(c3)C3(c5ccccc5-c5ccccc53)c3ccccc3-4)cc2)=CCC1. The lowest BCUT2D eigenvalue weighted by atomic mass is 9.70. The molecule has 0 aromatic heterocycles. The molecule has 0 saturated carbocycles. The molecule has 3 aliphatic rings. The van der Waals surface area contributed by atoms with Gasteiger partial charge < -0.3 is 4.90 Å². The average Bonchev–Trinajstić information content (AvgIpc) is 3.66. The van der Waals surface area contributed by atoms with Crippen LogP contribution in [0.25, 0.3) is 39.0 Å². The van der Waals surface area contributed by atoms with Crippen molar-refractivity contribution in [1.82, 2.24) is 0 Å². The van der Waals surface area contributed by atoms with E-state index in [1.807, 2.05) is 0 Å². The number of nitrogens with zero attached hydrogens (tertiary/aromatic N) is 1. The fourth-order valence-electron chi connectivity index (χ4n) is 8.73. The summed E-state index contributed by atoms with van der Waals surface area (Å²) in [4.78, 5) is 2.42. The van der Waals surface area contributed by atoms with Gasteiger partial charge in [0.1, 0.15) is 0 Å². The lowest BCUT2D eigenvalue weighted by molar-refractivity contribution is 0.793. The maximum Gasteiger partial charge on any atom is 0.0726 e. The van der Waals surface area contributed by atoms with Crippen molar-refractivity contribution < 1.29 is 0 Å². The number of hydrogen-bond donors (Lipinski definition) is 0. The zero-order chi connectivity index (χ0) is 33.1. The molecule has 0 bridgehead atoms. The Morgan fingerprint density at radius 2 is 0.860 bits per heavy atom. The predicted octanol–water partition coefficient (Wildman–Crippen LogP) is 12.9. The van der Waals surface area contributed by atoms with Crippen molar-refractivity contribution in [3.05, 3.63) is 216 Å². The van der Waals surface area contributed by atoms with Crippen molar-refractivity contribution in [3.8, 4) is 33.4 Å². The highest BCUT2D eigenvalue weighted by Crippen LogP contribution is 2.63. The molecule has 1 spiro atoms. The molecule has 0 N–H and O–H groups in total. The minimum atomic E-state index is -0.387. The molecule has 0 fully saturated rings. The van der Waals surface area contributed by atoms with E-state index in [0.717, 1.165) is 29.9 Å². The van der Waals surface area contributed by atoms with Gasteiger partial charge in [-0.25, -0.2) is 0 Å². The van der Waals surface area contributed by atoms with Crippen LogP contribution in [0.3, 0.4) is 0 Å². The second kappa shape index (κ2) is 11.5. The van der Waals surface area contributed by atoms with E-state index in [0.29, 0.717) is 0 Å². The van der Waals surface area contributed by atoms with Crippen molar-refractivity contribution in [2.45, 2.75) is 18.3 Å². The van der Waals surface area contributed by atoms with Gasteiger partial charge in [0.25, 0.3) is 0 Å². The van der Waals surface area contributed by atoms with Gasteiger partial charge in [-0.3, -0.25) is 0 Å². The summed E-state index contributed by atoms with van der Waals surface area (Å²) >= 11 is 0. The zero-order valence-electron chi connectivity index (χ0n) is 27.8. The minimum absolute atomic E-state index is 0.387. The van der Waals surface area contributed by atoms with Gasteiger partial charge in [0.05, 0.1) is 5.41 Å². The van der Waals surface area contributed by atoms with Crippen LogP contribution in [0.15, 0.2) is 188 Å². The lowest BCUT2D eigenvalue weighted by Gasteiger charge is -2.32. The molecule has 7 aromatic rings. The van der Waals surface area contributed by atoms with Crippen molar-refractivity contribution in [3.63, 3.8) is 0 Å². The number of benzene rings is 7. The monoisotopic (exact) mass is 637 g/mol. The summed E-state index contributed by atoms with van der Waals surface area (Å²) in [6.45, 7) is 0. The fourth-order valence-corrected chi connectivity index (χ4v) is 8.73. The molecule has 1 heteroatoms. The molecule has 1 nitrogen and oxygen atoms in total. The van der Waals surface area contributed by atoms with Crippen molar-refractivity contribution in [2.24, 2.45) is 0 Å². The Balaban J connectivity index is 1.18. The molecule has 0 saturated heterocycles. The first-order valence-corrected chi connectivity index (χ1v) is 17.7. The summed E-state index contributed by atoms with van der Waals surface area (Å²) in [6.07, 6.45) is 9.10. The van der Waals surface area contributed by atoms with Crippen LogP contribution in [0.2, 0.25) is 0 Å². The highest BCUT2D eigenvalue weighted by molar-refractivity contribution is 5.96. The van der Waals surface area contributed by atoms with Crippen LogP contribution in [0.5, 0.6) is 0 Å². The Bertz CT molecular complexity index is 2400. The van der Waals surface area contributed by atoms with E-state index in [9.17, 15) is 0 Å². The second-order valence-corrected chi connectivity index (χ2v) is 13.6. The van der Waals surface area contributed by atoms with Gasteiger partial charge in [0, 0.05) is 17.1 Å². The van der Waals surface area contributed by atoms with Crippen LogP contribution in [0, 0.1) is 0 Å². The third-order valence-corrected chi connectivity index (χ3v) is 10.9. The van der Waals surface area contributed by atoms with Gasteiger partial charge in [-0.2, -0.15) is 0 Å². The number of allylic oxidation sites excluding steroid dienone is 4. The minimum Gasteiger partial charge on any atom is -0.310 e. The van der Waals surface area contributed by atoms with Crippen molar-refractivity contribution in [1.29, 1.82) is 0 Å². The maximum atomic E-state index is 2.47. The van der Waals surface area contributed by atoms with Crippen LogP contribution < -0.4 is 4.90 Å². The van der Waals surface area contributed by atoms with E-state index in [1.54, 1.807) is 0 Å². The molecule has 7 aromatic carbocycles. The Kier molecular flexibility index (Phi) is 6.60. The molecule has 0 heterocycles.